The molecule has 3 aromatic carbocycles. The van der Waals surface area contributed by atoms with Gasteiger partial charge in [0.15, 0.2) is 0 Å². The number of rotatable bonds is 5. The molecule has 2 nitrogen and oxygen atoms in total. The number of hydrogen-bond acceptors (Lipinski definition) is 2. The lowest BCUT2D eigenvalue weighted by atomic mass is 10.0. The quantitative estimate of drug-likeness (QED) is 0.606. The lowest BCUT2D eigenvalue weighted by Crippen LogP contribution is -2.14. The molecule has 1 amide bonds. The van der Waals surface area contributed by atoms with Crippen molar-refractivity contribution in [1.82, 2.24) is 0 Å². The van der Waals surface area contributed by atoms with Gasteiger partial charge in [-0.05, 0) is 40.5 Å². The molecule has 0 aliphatic heterocycles. The predicted molar refractivity (Wildman–Crippen MR) is 104 cm³/mol. The second kappa shape index (κ2) is 7.54. The molecule has 3 heteroatoms. The minimum Gasteiger partial charge on any atom is -0.325 e. The summed E-state index contributed by atoms with van der Waals surface area (Å²) in [5.74, 6) is 0.918. The summed E-state index contributed by atoms with van der Waals surface area (Å²) in [6.07, 6.45) is 0. The Labute approximate surface area is 147 Å². The standard InChI is InChI=1S/C21H21NOS/c1-15(2)16-10-12-18(13-11-16)22-21(23)14-24-20-9-5-7-17-6-3-4-8-19(17)20/h3-13,15H,14H2,1-2H3,(H,22,23). The van der Waals surface area contributed by atoms with E-state index in [1.807, 2.05) is 30.3 Å². The number of carbonyl (C=O) groups is 1. The molecular weight excluding hydrogens is 314 g/mol. The summed E-state index contributed by atoms with van der Waals surface area (Å²) in [5.41, 5.74) is 2.13. The van der Waals surface area contributed by atoms with E-state index in [-0.39, 0.29) is 5.91 Å². The predicted octanol–water partition coefficient (Wildman–Crippen LogP) is 5.69. The van der Waals surface area contributed by atoms with Gasteiger partial charge in [-0.25, -0.2) is 0 Å². The Hall–Kier alpha value is -2.26. The average molecular weight is 335 g/mol. The third-order valence-corrected chi connectivity index (χ3v) is 5.04. The van der Waals surface area contributed by atoms with Crippen molar-refractivity contribution in [3.8, 4) is 0 Å². The lowest BCUT2D eigenvalue weighted by molar-refractivity contribution is -0.113. The Morgan fingerprint density at radius 1 is 0.958 bits per heavy atom. The fraction of sp³-hybridized carbons (Fsp3) is 0.190. The van der Waals surface area contributed by atoms with Gasteiger partial charge in [-0.3, -0.25) is 4.79 Å². The number of carbonyl (C=O) groups excluding carboxylic acids is 1. The van der Waals surface area contributed by atoms with E-state index in [9.17, 15) is 4.79 Å². The zero-order chi connectivity index (χ0) is 16.9. The van der Waals surface area contributed by atoms with Gasteiger partial charge in [-0.2, -0.15) is 0 Å². The lowest BCUT2D eigenvalue weighted by Gasteiger charge is -2.09. The second-order valence-electron chi connectivity index (χ2n) is 6.09. The van der Waals surface area contributed by atoms with Gasteiger partial charge in [-0.1, -0.05) is 62.4 Å². The maximum atomic E-state index is 12.2. The van der Waals surface area contributed by atoms with Gasteiger partial charge in [0, 0.05) is 10.6 Å². The molecule has 0 unspecified atom stereocenters. The van der Waals surface area contributed by atoms with Crippen LogP contribution in [0, 0.1) is 0 Å². The maximum Gasteiger partial charge on any atom is 0.234 e. The van der Waals surface area contributed by atoms with E-state index < -0.39 is 0 Å². The van der Waals surface area contributed by atoms with E-state index in [2.05, 4.69) is 55.6 Å². The van der Waals surface area contributed by atoms with E-state index in [0.717, 1.165) is 10.6 Å². The third-order valence-electron chi connectivity index (χ3n) is 3.97. The average Bonchev–Trinajstić information content (AvgIpc) is 2.60. The first-order valence-corrected chi connectivity index (χ1v) is 9.12. The Bertz CT molecular complexity index is 835. The SMILES string of the molecule is CC(C)c1ccc(NC(=O)CSc2cccc3ccccc23)cc1. The van der Waals surface area contributed by atoms with Crippen molar-refractivity contribution in [3.63, 3.8) is 0 Å². The highest BCUT2D eigenvalue weighted by molar-refractivity contribution is 8.00. The Kier molecular flexibility index (Phi) is 5.21. The van der Waals surface area contributed by atoms with Crippen LogP contribution in [0.5, 0.6) is 0 Å². The molecule has 3 rings (SSSR count). The normalized spacial score (nSPS) is 11.0. The Morgan fingerprint density at radius 3 is 2.42 bits per heavy atom. The highest BCUT2D eigenvalue weighted by Gasteiger charge is 2.07. The minimum absolute atomic E-state index is 0.0187. The van der Waals surface area contributed by atoms with Crippen LogP contribution in [0.1, 0.15) is 25.3 Å². The first-order chi connectivity index (χ1) is 11.6. The molecule has 0 aliphatic rings. The molecule has 0 heterocycles. The van der Waals surface area contributed by atoms with Gasteiger partial charge in [0.05, 0.1) is 5.75 Å². The van der Waals surface area contributed by atoms with Crippen LogP contribution in [0.15, 0.2) is 71.6 Å². The van der Waals surface area contributed by atoms with Crippen molar-refractivity contribution < 1.29 is 4.79 Å². The summed E-state index contributed by atoms with van der Waals surface area (Å²) in [5, 5.41) is 5.36. The molecular formula is C21H21NOS. The third kappa shape index (κ3) is 3.98. The molecule has 0 fully saturated rings. The zero-order valence-corrected chi connectivity index (χ0v) is 14.8. The van der Waals surface area contributed by atoms with E-state index >= 15 is 0 Å². The van der Waals surface area contributed by atoms with Crippen LogP contribution < -0.4 is 5.32 Å². The molecule has 1 N–H and O–H groups in total. The van der Waals surface area contributed by atoms with Crippen LogP contribution in [-0.4, -0.2) is 11.7 Å². The van der Waals surface area contributed by atoms with E-state index in [1.54, 1.807) is 11.8 Å². The van der Waals surface area contributed by atoms with Crippen LogP contribution in [0.2, 0.25) is 0 Å². The number of anilines is 1. The smallest absolute Gasteiger partial charge is 0.234 e. The first kappa shape index (κ1) is 16.6. The summed E-state index contributed by atoms with van der Waals surface area (Å²) < 4.78 is 0. The number of fused-ring (bicyclic) bond motifs is 1. The van der Waals surface area contributed by atoms with Crippen molar-refractivity contribution in [2.45, 2.75) is 24.7 Å². The first-order valence-electron chi connectivity index (χ1n) is 8.14. The molecule has 0 radical (unpaired) electrons. The summed E-state index contributed by atoms with van der Waals surface area (Å²) in [6, 6.07) is 22.5. The van der Waals surface area contributed by atoms with Crippen molar-refractivity contribution >= 4 is 34.1 Å². The topological polar surface area (TPSA) is 29.1 Å². The largest absolute Gasteiger partial charge is 0.325 e. The van der Waals surface area contributed by atoms with Gasteiger partial charge < -0.3 is 5.32 Å². The molecule has 0 saturated heterocycles. The summed E-state index contributed by atoms with van der Waals surface area (Å²) >= 11 is 1.57. The van der Waals surface area contributed by atoms with E-state index in [1.165, 1.54) is 16.3 Å². The fourth-order valence-electron chi connectivity index (χ4n) is 2.61. The van der Waals surface area contributed by atoms with Crippen LogP contribution in [0.4, 0.5) is 5.69 Å². The van der Waals surface area contributed by atoms with Crippen LogP contribution in [0.3, 0.4) is 0 Å². The van der Waals surface area contributed by atoms with Crippen LogP contribution in [-0.2, 0) is 4.79 Å². The molecule has 0 saturated carbocycles. The second-order valence-corrected chi connectivity index (χ2v) is 7.11. The molecule has 0 bridgehead atoms. The van der Waals surface area contributed by atoms with E-state index in [4.69, 9.17) is 0 Å². The van der Waals surface area contributed by atoms with Crippen molar-refractivity contribution in [3.05, 3.63) is 72.3 Å². The van der Waals surface area contributed by atoms with Gasteiger partial charge in [0.2, 0.25) is 5.91 Å². The number of hydrogen-bond donors (Lipinski definition) is 1. The Balaban J connectivity index is 1.63. The number of amides is 1. The monoisotopic (exact) mass is 335 g/mol. The zero-order valence-electron chi connectivity index (χ0n) is 14.0. The van der Waals surface area contributed by atoms with Gasteiger partial charge in [-0.15, -0.1) is 11.8 Å². The van der Waals surface area contributed by atoms with Gasteiger partial charge in [0.1, 0.15) is 0 Å². The van der Waals surface area contributed by atoms with Crippen molar-refractivity contribution in [2.24, 2.45) is 0 Å². The summed E-state index contributed by atoms with van der Waals surface area (Å²) in [4.78, 5) is 13.3. The van der Waals surface area contributed by atoms with Crippen LogP contribution >= 0.6 is 11.8 Å². The molecule has 0 aliphatic carbocycles. The number of nitrogens with one attached hydrogen (secondary N) is 1. The van der Waals surface area contributed by atoms with Gasteiger partial charge >= 0.3 is 0 Å². The highest BCUT2D eigenvalue weighted by atomic mass is 32.2. The van der Waals surface area contributed by atoms with Gasteiger partial charge in [0.25, 0.3) is 0 Å². The molecule has 0 aromatic heterocycles. The summed E-state index contributed by atoms with van der Waals surface area (Å²) in [7, 11) is 0. The number of benzene rings is 3. The summed E-state index contributed by atoms with van der Waals surface area (Å²) in [6.45, 7) is 4.32. The molecule has 24 heavy (non-hydrogen) atoms. The maximum absolute atomic E-state index is 12.2. The number of thioether (sulfide) groups is 1. The van der Waals surface area contributed by atoms with Crippen molar-refractivity contribution in [1.29, 1.82) is 0 Å². The molecule has 0 spiro atoms. The molecule has 3 aromatic rings. The molecule has 122 valence electrons. The Morgan fingerprint density at radius 2 is 1.67 bits per heavy atom. The van der Waals surface area contributed by atoms with E-state index in [0.29, 0.717) is 11.7 Å². The minimum atomic E-state index is 0.0187. The molecule has 0 atom stereocenters. The fourth-order valence-corrected chi connectivity index (χ4v) is 3.49. The van der Waals surface area contributed by atoms with Crippen molar-refractivity contribution in [2.75, 3.05) is 11.1 Å². The van der Waals surface area contributed by atoms with Crippen LogP contribution in [0.25, 0.3) is 10.8 Å². The highest BCUT2D eigenvalue weighted by Crippen LogP contribution is 2.27.